The van der Waals surface area contributed by atoms with Gasteiger partial charge in [0.1, 0.15) is 6.61 Å². The van der Waals surface area contributed by atoms with Crippen molar-refractivity contribution in [3.8, 4) is 11.5 Å². The molecule has 0 saturated heterocycles. The zero-order valence-corrected chi connectivity index (χ0v) is 14.7. The van der Waals surface area contributed by atoms with E-state index in [4.69, 9.17) is 22.1 Å². The first-order valence-corrected chi connectivity index (χ1v) is 7.90. The molecule has 27 heavy (non-hydrogen) atoms. The van der Waals surface area contributed by atoms with Gasteiger partial charge in [0.2, 0.25) is 0 Å². The molecule has 0 spiro atoms. The monoisotopic (exact) mass is 404 g/mol. The molecule has 0 bridgehead atoms. The lowest BCUT2D eigenvalue weighted by Crippen LogP contribution is -2.45. The summed E-state index contributed by atoms with van der Waals surface area (Å²) in [5.74, 6) is -1.33. The number of alkyl halides is 3. The van der Waals surface area contributed by atoms with Crippen LogP contribution in [0.25, 0.3) is 0 Å². The Labute approximate surface area is 157 Å². The van der Waals surface area contributed by atoms with Crippen LogP contribution in [0.2, 0.25) is 5.02 Å². The van der Waals surface area contributed by atoms with E-state index in [1.807, 2.05) is 0 Å². The number of hydrogen-bond acceptors (Lipinski definition) is 5. The molecule has 2 rings (SSSR count). The van der Waals surface area contributed by atoms with Gasteiger partial charge in [0.05, 0.1) is 5.56 Å². The maximum atomic E-state index is 12.9. The number of nitrogens with one attached hydrogen (secondary N) is 1. The molecule has 1 atom stereocenters. The van der Waals surface area contributed by atoms with Gasteiger partial charge in [-0.1, -0.05) is 11.6 Å². The number of phenols is 1. The number of carbonyl (C=O) groups is 1. The smallest absolute Gasteiger partial charge is 0.418 e. The van der Waals surface area contributed by atoms with Crippen LogP contribution in [-0.4, -0.2) is 28.3 Å². The van der Waals surface area contributed by atoms with Crippen LogP contribution in [0.15, 0.2) is 36.4 Å². The minimum atomic E-state index is -4.69. The first-order chi connectivity index (χ1) is 12.4. The van der Waals surface area contributed by atoms with E-state index >= 15 is 0 Å². The second-order valence-corrected chi connectivity index (χ2v) is 6.36. The molecular formula is C17H16ClF3N2O4. The molecule has 10 heteroatoms. The first-order valence-electron chi connectivity index (χ1n) is 7.52. The molecule has 0 radical (unpaired) electrons. The van der Waals surface area contributed by atoms with Crippen molar-refractivity contribution in [3.05, 3.63) is 47.0 Å². The lowest BCUT2D eigenvalue weighted by molar-refractivity contribution is -0.137. The summed E-state index contributed by atoms with van der Waals surface area (Å²) in [5.41, 5.74) is 1.39. The van der Waals surface area contributed by atoms with Crippen LogP contribution in [0.3, 0.4) is 0 Å². The van der Waals surface area contributed by atoms with Crippen molar-refractivity contribution in [2.75, 3.05) is 17.7 Å². The van der Waals surface area contributed by atoms with Gasteiger partial charge in [-0.3, -0.25) is 4.79 Å². The number of nitrogen functional groups attached to an aromatic ring is 1. The number of hydrogen-bond donors (Lipinski definition) is 4. The third kappa shape index (κ3) is 5.18. The zero-order chi connectivity index (χ0) is 20.4. The molecule has 0 aliphatic carbocycles. The number of amides is 1. The van der Waals surface area contributed by atoms with E-state index in [2.05, 4.69) is 5.32 Å². The molecule has 0 unspecified atom stereocenters. The van der Waals surface area contributed by atoms with Gasteiger partial charge in [0.15, 0.2) is 17.1 Å². The Balaban J connectivity index is 2.10. The minimum absolute atomic E-state index is 0.0284. The van der Waals surface area contributed by atoms with E-state index in [1.165, 1.54) is 24.3 Å². The van der Waals surface area contributed by atoms with Gasteiger partial charge in [-0.25, -0.2) is 0 Å². The van der Waals surface area contributed by atoms with Gasteiger partial charge in [0, 0.05) is 22.5 Å². The van der Waals surface area contributed by atoms with Crippen molar-refractivity contribution in [3.63, 3.8) is 0 Å². The molecule has 0 saturated carbocycles. The standard InChI is InChI=1S/C17H16ClF3N2O4/c1-16(26,8-27-14-5-2-9(18)6-13(14)24)15(25)23-10-3-4-12(22)11(7-10)17(19,20)21/h2-7,24,26H,8,22H2,1H3,(H,23,25)/t16-/m0/s1. The highest BCUT2D eigenvalue weighted by Gasteiger charge is 2.35. The third-order valence-electron chi connectivity index (χ3n) is 3.54. The van der Waals surface area contributed by atoms with Crippen LogP contribution in [0, 0.1) is 0 Å². The van der Waals surface area contributed by atoms with Gasteiger partial charge in [-0.15, -0.1) is 0 Å². The Morgan fingerprint density at radius 2 is 1.93 bits per heavy atom. The number of nitrogens with two attached hydrogens (primary N) is 1. The van der Waals surface area contributed by atoms with Crippen molar-refractivity contribution >= 4 is 28.9 Å². The molecule has 6 nitrogen and oxygen atoms in total. The van der Waals surface area contributed by atoms with Crippen molar-refractivity contribution in [2.24, 2.45) is 0 Å². The predicted molar refractivity (Wildman–Crippen MR) is 93.7 cm³/mol. The topological polar surface area (TPSA) is 105 Å². The van der Waals surface area contributed by atoms with E-state index < -0.39 is 35.5 Å². The van der Waals surface area contributed by atoms with Gasteiger partial charge in [-0.2, -0.15) is 13.2 Å². The SMILES string of the molecule is C[C@](O)(COc1ccc(Cl)cc1O)C(=O)Nc1ccc(N)c(C(F)(F)F)c1. The molecule has 146 valence electrons. The Hall–Kier alpha value is -2.65. The lowest BCUT2D eigenvalue weighted by Gasteiger charge is -2.23. The number of rotatable bonds is 5. The summed E-state index contributed by atoms with van der Waals surface area (Å²) in [7, 11) is 0. The quantitative estimate of drug-likeness (QED) is 0.572. The van der Waals surface area contributed by atoms with Crippen LogP contribution < -0.4 is 15.8 Å². The predicted octanol–water partition coefficient (Wildman–Crippen LogP) is 3.42. The van der Waals surface area contributed by atoms with E-state index in [0.717, 1.165) is 13.0 Å². The third-order valence-corrected chi connectivity index (χ3v) is 3.77. The summed E-state index contributed by atoms with van der Waals surface area (Å²) in [6, 6.07) is 6.80. The van der Waals surface area contributed by atoms with Crippen molar-refractivity contribution in [2.45, 2.75) is 18.7 Å². The summed E-state index contributed by atoms with van der Waals surface area (Å²) in [5, 5.41) is 22.4. The molecule has 0 aromatic heterocycles. The summed E-state index contributed by atoms with van der Waals surface area (Å²) in [6.07, 6.45) is -4.69. The Bertz CT molecular complexity index is 857. The molecule has 2 aromatic carbocycles. The van der Waals surface area contributed by atoms with Crippen LogP contribution in [0.1, 0.15) is 12.5 Å². The fourth-order valence-electron chi connectivity index (χ4n) is 2.04. The molecule has 2 aromatic rings. The highest BCUT2D eigenvalue weighted by Crippen LogP contribution is 2.35. The summed E-state index contributed by atoms with van der Waals surface area (Å²) < 4.78 is 43.8. The first kappa shape index (κ1) is 20.7. The number of halogens is 4. The van der Waals surface area contributed by atoms with Crippen LogP contribution in [0.4, 0.5) is 24.5 Å². The van der Waals surface area contributed by atoms with E-state index in [0.29, 0.717) is 6.07 Å². The van der Waals surface area contributed by atoms with Crippen LogP contribution in [-0.2, 0) is 11.0 Å². The lowest BCUT2D eigenvalue weighted by atomic mass is 10.1. The summed E-state index contributed by atoms with van der Waals surface area (Å²) >= 11 is 5.69. The molecule has 0 aliphatic rings. The second-order valence-electron chi connectivity index (χ2n) is 5.93. The molecular weight excluding hydrogens is 389 g/mol. The Morgan fingerprint density at radius 1 is 1.26 bits per heavy atom. The number of benzene rings is 2. The number of phenolic OH excluding ortho intramolecular Hbond substituents is 1. The van der Waals surface area contributed by atoms with Crippen molar-refractivity contribution in [1.29, 1.82) is 0 Å². The van der Waals surface area contributed by atoms with E-state index in [9.17, 15) is 28.2 Å². The molecule has 1 amide bonds. The fourth-order valence-corrected chi connectivity index (χ4v) is 2.21. The second kappa shape index (κ2) is 7.53. The van der Waals surface area contributed by atoms with Crippen molar-refractivity contribution in [1.82, 2.24) is 0 Å². The number of aromatic hydroxyl groups is 1. The highest BCUT2D eigenvalue weighted by atomic mass is 35.5. The average molecular weight is 405 g/mol. The average Bonchev–Trinajstić information content (AvgIpc) is 2.54. The molecule has 0 aliphatic heterocycles. The van der Waals surface area contributed by atoms with E-state index in [1.54, 1.807) is 0 Å². The maximum absolute atomic E-state index is 12.9. The normalized spacial score (nSPS) is 13.7. The zero-order valence-electron chi connectivity index (χ0n) is 14.0. The van der Waals surface area contributed by atoms with Crippen molar-refractivity contribution < 1.29 is 32.9 Å². The van der Waals surface area contributed by atoms with Gasteiger partial charge >= 0.3 is 6.18 Å². The largest absolute Gasteiger partial charge is 0.504 e. The molecule has 5 N–H and O–H groups in total. The summed E-state index contributed by atoms with van der Waals surface area (Å²) in [4.78, 5) is 12.2. The maximum Gasteiger partial charge on any atom is 0.418 e. The van der Waals surface area contributed by atoms with Gasteiger partial charge in [0.25, 0.3) is 5.91 Å². The summed E-state index contributed by atoms with van der Waals surface area (Å²) in [6.45, 7) is 0.534. The number of ether oxygens (including phenoxy) is 1. The number of anilines is 2. The van der Waals surface area contributed by atoms with Gasteiger partial charge < -0.3 is 26.0 Å². The fraction of sp³-hybridized carbons (Fsp3) is 0.235. The minimum Gasteiger partial charge on any atom is -0.504 e. The number of aliphatic hydroxyl groups is 1. The van der Waals surface area contributed by atoms with E-state index in [-0.39, 0.29) is 22.2 Å². The van der Waals surface area contributed by atoms with Crippen LogP contribution >= 0.6 is 11.6 Å². The van der Waals surface area contributed by atoms with Crippen LogP contribution in [0.5, 0.6) is 11.5 Å². The van der Waals surface area contributed by atoms with Gasteiger partial charge in [-0.05, 0) is 37.3 Å². The Morgan fingerprint density at radius 3 is 2.52 bits per heavy atom. The number of carbonyl (C=O) groups excluding carboxylic acids is 1. The molecule has 0 fully saturated rings. The molecule has 0 heterocycles. The Kier molecular flexibility index (Phi) is 5.76. The highest BCUT2D eigenvalue weighted by molar-refractivity contribution is 6.30.